The van der Waals surface area contributed by atoms with Crippen molar-refractivity contribution in [2.45, 2.75) is 39.2 Å². The third-order valence-electron chi connectivity index (χ3n) is 3.52. The molecule has 9 heteroatoms. The summed E-state index contributed by atoms with van der Waals surface area (Å²) >= 11 is 0. The second-order valence-electron chi connectivity index (χ2n) is 5.54. The first-order valence-electron chi connectivity index (χ1n) is 8.76. The molecule has 1 saturated heterocycles. The normalized spacial score (nSPS) is 19.2. The first kappa shape index (κ1) is 21.1. The lowest BCUT2D eigenvalue weighted by molar-refractivity contribution is 0.0200. The maximum Gasteiger partial charge on any atom is 0.213 e. The Labute approximate surface area is 145 Å². The van der Waals surface area contributed by atoms with Crippen LogP contribution in [0.5, 0.6) is 0 Å². The molecule has 1 heterocycles. The Morgan fingerprint density at radius 3 is 2.79 bits per heavy atom. The second kappa shape index (κ2) is 12.5. The fraction of sp³-hybridized carbons (Fsp3) is 0.933. The molecule has 8 nitrogen and oxygen atoms in total. The monoisotopic (exact) mass is 364 g/mol. The van der Waals surface area contributed by atoms with Crippen molar-refractivity contribution in [3.05, 3.63) is 0 Å². The van der Waals surface area contributed by atoms with Crippen molar-refractivity contribution in [3.63, 3.8) is 0 Å². The average molecular weight is 365 g/mol. The molecule has 1 aliphatic heterocycles. The zero-order valence-electron chi connectivity index (χ0n) is 14.8. The third kappa shape index (κ3) is 10.1. The highest BCUT2D eigenvalue weighted by molar-refractivity contribution is 7.89. The van der Waals surface area contributed by atoms with Crippen LogP contribution in [0.4, 0.5) is 0 Å². The molecule has 0 amide bonds. The number of sulfonamides is 1. The van der Waals surface area contributed by atoms with Gasteiger partial charge in [0.15, 0.2) is 5.96 Å². The van der Waals surface area contributed by atoms with Crippen LogP contribution in [-0.2, 0) is 19.5 Å². The quantitative estimate of drug-likeness (QED) is 0.272. The molecule has 1 aliphatic rings. The minimum atomic E-state index is -3.32. The van der Waals surface area contributed by atoms with Crippen molar-refractivity contribution < 1.29 is 17.9 Å². The highest BCUT2D eigenvalue weighted by Gasteiger charge is 2.17. The van der Waals surface area contributed by atoms with Gasteiger partial charge in [-0.05, 0) is 33.1 Å². The minimum absolute atomic E-state index is 0.000989. The van der Waals surface area contributed by atoms with Gasteiger partial charge in [-0.2, -0.15) is 0 Å². The Morgan fingerprint density at radius 2 is 2.12 bits per heavy atom. The standard InChI is InChI=1S/C15H32N4O4S/c1-3-16-15(17-8-11-22-4-2)18-9-12-24(20,21)19-13-14-7-5-6-10-23-14/h14,19H,3-13H2,1-2H3,(H2,16,17,18). The second-order valence-corrected chi connectivity index (χ2v) is 7.47. The van der Waals surface area contributed by atoms with E-state index >= 15 is 0 Å². The van der Waals surface area contributed by atoms with E-state index in [1.807, 2.05) is 13.8 Å². The molecular weight excluding hydrogens is 332 g/mol. The van der Waals surface area contributed by atoms with Crippen molar-refractivity contribution in [1.82, 2.24) is 15.4 Å². The van der Waals surface area contributed by atoms with E-state index in [0.29, 0.717) is 45.4 Å². The van der Waals surface area contributed by atoms with E-state index in [9.17, 15) is 8.42 Å². The molecule has 1 fully saturated rings. The van der Waals surface area contributed by atoms with E-state index in [0.717, 1.165) is 25.9 Å². The van der Waals surface area contributed by atoms with Crippen molar-refractivity contribution >= 4 is 16.0 Å². The molecular formula is C15H32N4O4S. The first-order chi connectivity index (χ1) is 11.6. The molecule has 142 valence electrons. The molecule has 0 saturated carbocycles. The predicted octanol–water partition coefficient (Wildman–Crippen LogP) is 0.0665. The topological polar surface area (TPSA) is 101 Å². The van der Waals surface area contributed by atoms with Gasteiger partial charge in [0, 0.05) is 32.8 Å². The Balaban J connectivity index is 2.27. The van der Waals surface area contributed by atoms with Crippen LogP contribution in [0.1, 0.15) is 33.1 Å². The van der Waals surface area contributed by atoms with Gasteiger partial charge in [-0.15, -0.1) is 0 Å². The molecule has 0 radical (unpaired) electrons. The smallest absolute Gasteiger partial charge is 0.213 e. The molecule has 0 aromatic carbocycles. The van der Waals surface area contributed by atoms with E-state index in [1.54, 1.807) is 0 Å². The summed E-state index contributed by atoms with van der Waals surface area (Å²) in [7, 11) is -3.32. The molecule has 0 bridgehead atoms. The maximum atomic E-state index is 12.0. The number of guanidine groups is 1. The molecule has 24 heavy (non-hydrogen) atoms. The number of ether oxygens (including phenoxy) is 2. The highest BCUT2D eigenvalue weighted by atomic mass is 32.2. The van der Waals surface area contributed by atoms with Crippen molar-refractivity contribution in [2.24, 2.45) is 4.99 Å². The van der Waals surface area contributed by atoms with Gasteiger partial charge in [0.25, 0.3) is 0 Å². The molecule has 0 aliphatic carbocycles. The summed E-state index contributed by atoms with van der Waals surface area (Å²) in [5, 5.41) is 6.10. The van der Waals surface area contributed by atoms with Crippen LogP contribution in [-0.4, -0.2) is 72.2 Å². The summed E-state index contributed by atoms with van der Waals surface area (Å²) in [4.78, 5) is 4.32. The average Bonchev–Trinajstić information content (AvgIpc) is 2.58. The lowest BCUT2D eigenvalue weighted by Gasteiger charge is -2.22. The van der Waals surface area contributed by atoms with Gasteiger partial charge in [-0.3, -0.25) is 4.99 Å². The number of aliphatic imine (C=N–C) groups is 1. The van der Waals surface area contributed by atoms with Gasteiger partial charge in [0.1, 0.15) is 0 Å². The summed E-state index contributed by atoms with van der Waals surface area (Å²) in [6.45, 7) is 7.72. The summed E-state index contributed by atoms with van der Waals surface area (Å²) in [5.74, 6) is 0.596. The fourth-order valence-corrected chi connectivity index (χ4v) is 3.23. The lowest BCUT2D eigenvalue weighted by atomic mass is 10.1. The predicted molar refractivity (Wildman–Crippen MR) is 95.9 cm³/mol. The van der Waals surface area contributed by atoms with E-state index in [-0.39, 0.29) is 11.9 Å². The summed E-state index contributed by atoms with van der Waals surface area (Å²) < 4.78 is 37.4. The fourth-order valence-electron chi connectivity index (χ4n) is 2.27. The first-order valence-corrected chi connectivity index (χ1v) is 10.4. The van der Waals surface area contributed by atoms with Gasteiger partial charge in [-0.1, -0.05) is 0 Å². The molecule has 3 N–H and O–H groups in total. The molecule has 1 rings (SSSR count). The molecule has 1 unspecified atom stereocenters. The van der Waals surface area contributed by atoms with Crippen LogP contribution in [0.25, 0.3) is 0 Å². The van der Waals surface area contributed by atoms with Crippen LogP contribution < -0.4 is 15.4 Å². The van der Waals surface area contributed by atoms with Gasteiger partial charge in [0.2, 0.25) is 10.0 Å². The zero-order valence-corrected chi connectivity index (χ0v) is 15.7. The van der Waals surface area contributed by atoms with E-state index in [2.05, 4.69) is 20.3 Å². The van der Waals surface area contributed by atoms with Gasteiger partial charge < -0.3 is 20.1 Å². The van der Waals surface area contributed by atoms with Crippen LogP contribution in [0.2, 0.25) is 0 Å². The molecule has 0 spiro atoms. The third-order valence-corrected chi connectivity index (χ3v) is 4.87. The van der Waals surface area contributed by atoms with Crippen LogP contribution in [0.15, 0.2) is 4.99 Å². The Kier molecular flexibility index (Phi) is 11.0. The summed E-state index contributed by atoms with van der Waals surface area (Å²) in [6, 6.07) is 0. The molecule has 0 aromatic rings. The minimum Gasteiger partial charge on any atom is -0.380 e. The summed E-state index contributed by atoms with van der Waals surface area (Å²) in [6.07, 6.45) is 3.07. The van der Waals surface area contributed by atoms with Crippen molar-refractivity contribution in [1.29, 1.82) is 0 Å². The molecule has 0 aromatic heterocycles. The van der Waals surface area contributed by atoms with Crippen LogP contribution in [0, 0.1) is 0 Å². The Morgan fingerprint density at radius 1 is 1.29 bits per heavy atom. The van der Waals surface area contributed by atoms with E-state index in [1.165, 1.54) is 0 Å². The number of nitrogens with zero attached hydrogens (tertiary/aromatic N) is 1. The number of rotatable bonds is 11. The van der Waals surface area contributed by atoms with Crippen molar-refractivity contribution in [2.75, 3.05) is 51.8 Å². The van der Waals surface area contributed by atoms with E-state index in [4.69, 9.17) is 9.47 Å². The lowest BCUT2D eigenvalue weighted by Crippen LogP contribution is -2.42. The van der Waals surface area contributed by atoms with Crippen LogP contribution >= 0.6 is 0 Å². The molecule has 1 atom stereocenters. The SMILES string of the molecule is CCNC(=NCCOCC)NCCS(=O)(=O)NCC1CCCCO1. The maximum absolute atomic E-state index is 12.0. The Bertz CT molecular complexity index is 450. The van der Waals surface area contributed by atoms with Gasteiger partial charge in [-0.25, -0.2) is 13.1 Å². The van der Waals surface area contributed by atoms with E-state index < -0.39 is 10.0 Å². The summed E-state index contributed by atoms with van der Waals surface area (Å²) in [5.41, 5.74) is 0. The Hall–Kier alpha value is -0.900. The van der Waals surface area contributed by atoms with Gasteiger partial charge in [0.05, 0.1) is 25.0 Å². The van der Waals surface area contributed by atoms with Crippen LogP contribution in [0.3, 0.4) is 0 Å². The number of hydrogen-bond donors (Lipinski definition) is 3. The number of nitrogens with one attached hydrogen (secondary N) is 3. The van der Waals surface area contributed by atoms with Gasteiger partial charge >= 0.3 is 0 Å². The highest BCUT2D eigenvalue weighted by Crippen LogP contribution is 2.11. The largest absolute Gasteiger partial charge is 0.380 e. The van der Waals surface area contributed by atoms with Crippen molar-refractivity contribution in [3.8, 4) is 0 Å². The zero-order chi connectivity index (χ0) is 17.7. The number of hydrogen-bond acceptors (Lipinski definition) is 5.